The van der Waals surface area contributed by atoms with Gasteiger partial charge in [-0.25, -0.2) is 13.4 Å². The highest BCUT2D eigenvalue weighted by molar-refractivity contribution is 7.93. The second-order valence-corrected chi connectivity index (χ2v) is 8.99. The van der Waals surface area contributed by atoms with E-state index in [1.807, 2.05) is 33.8 Å². The Bertz CT molecular complexity index is 817. The van der Waals surface area contributed by atoms with Gasteiger partial charge in [0.2, 0.25) is 0 Å². The van der Waals surface area contributed by atoms with E-state index < -0.39 is 10.0 Å². The first-order valence-corrected chi connectivity index (χ1v) is 10.2. The smallest absolute Gasteiger partial charge is 0.255 e. The van der Waals surface area contributed by atoms with Crippen molar-refractivity contribution in [3.05, 3.63) is 38.9 Å². The van der Waals surface area contributed by atoms with Crippen molar-refractivity contribution in [2.45, 2.75) is 58.3 Å². The molecule has 0 spiro atoms. The zero-order valence-electron chi connectivity index (χ0n) is 14.0. The Balaban J connectivity index is 2.01. The average molecular weight is 351 g/mol. The number of nitrogens with zero attached hydrogens (tertiary/aromatic N) is 1. The molecule has 0 unspecified atom stereocenters. The summed E-state index contributed by atoms with van der Waals surface area (Å²) in [6, 6.07) is 2.03. The molecule has 1 aliphatic carbocycles. The molecule has 0 bridgehead atoms. The molecule has 0 saturated heterocycles. The summed E-state index contributed by atoms with van der Waals surface area (Å²) in [6.07, 6.45) is 4.26. The fourth-order valence-corrected chi connectivity index (χ4v) is 6.05. The third-order valence-electron chi connectivity index (χ3n) is 4.63. The summed E-state index contributed by atoms with van der Waals surface area (Å²) in [6.45, 7) is 7.62. The van der Waals surface area contributed by atoms with Gasteiger partial charge in [-0.05, 0) is 75.6 Å². The summed E-state index contributed by atoms with van der Waals surface area (Å²) in [5.74, 6) is 0. The summed E-state index contributed by atoms with van der Waals surface area (Å²) in [4.78, 5) is 6.11. The first-order chi connectivity index (χ1) is 10.8. The number of hydrogen-bond acceptors (Lipinski definition) is 4. The van der Waals surface area contributed by atoms with Crippen LogP contribution >= 0.6 is 11.3 Å². The normalized spacial score (nSPS) is 14.6. The Kier molecular flexibility index (Phi) is 4.23. The highest BCUT2D eigenvalue weighted by Gasteiger charge is 2.24. The van der Waals surface area contributed by atoms with Crippen molar-refractivity contribution >= 4 is 26.5 Å². The summed E-state index contributed by atoms with van der Waals surface area (Å²) < 4.78 is 28.5. The predicted octanol–water partition coefficient (Wildman–Crippen LogP) is 4.06. The predicted molar refractivity (Wildman–Crippen MR) is 95.0 cm³/mol. The van der Waals surface area contributed by atoms with Gasteiger partial charge >= 0.3 is 0 Å². The van der Waals surface area contributed by atoms with Crippen LogP contribution in [0.3, 0.4) is 0 Å². The summed E-state index contributed by atoms with van der Waals surface area (Å²) in [5.41, 5.74) is 4.66. The molecular weight excluding hydrogens is 328 g/mol. The van der Waals surface area contributed by atoms with E-state index in [1.54, 1.807) is 0 Å². The molecule has 23 heavy (non-hydrogen) atoms. The molecule has 1 aromatic heterocycles. The zero-order valence-corrected chi connectivity index (χ0v) is 15.6. The average Bonchev–Trinajstić information content (AvgIpc) is 2.86. The van der Waals surface area contributed by atoms with Crippen LogP contribution in [0.25, 0.3) is 0 Å². The number of hydrogen-bond donors (Lipinski definition) is 1. The molecule has 124 valence electrons. The Morgan fingerprint density at radius 2 is 1.65 bits per heavy atom. The van der Waals surface area contributed by atoms with Crippen molar-refractivity contribution in [1.82, 2.24) is 4.98 Å². The molecule has 6 heteroatoms. The van der Waals surface area contributed by atoms with Gasteiger partial charge in [0.1, 0.15) is 0 Å². The Morgan fingerprint density at radius 1 is 1.04 bits per heavy atom. The Morgan fingerprint density at radius 3 is 2.26 bits per heavy atom. The molecule has 1 aromatic carbocycles. The standard InChI is InChI=1S/C17H22N2O2S2/c1-10-9-11(2)13(4)16(12(10)3)23(20,21)19-17-18-14-7-5-6-8-15(14)22-17/h9H,5-8H2,1-4H3,(H,18,19). The molecule has 4 nitrogen and oxygen atoms in total. The van der Waals surface area contributed by atoms with Crippen LogP contribution in [0.5, 0.6) is 0 Å². The van der Waals surface area contributed by atoms with Crippen molar-refractivity contribution in [2.75, 3.05) is 4.72 Å². The third-order valence-corrected chi connectivity index (χ3v) is 7.45. The van der Waals surface area contributed by atoms with Crippen LogP contribution in [0, 0.1) is 27.7 Å². The lowest BCUT2D eigenvalue weighted by atomic mass is 10.0. The van der Waals surface area contributed by atoms with Gasteiger partial charge < -0.3 is 0 Å². The van der Waals surface area contributed by atoms with Gasteiger partial charge in [-0.1, -0.05) is 6.07 Å². The molecule has 1 N–H and O–H groups in total. The second kappa shape index (κ2) is 5.91. The van der Waals surface area contributed by atoms with Crippen LogP contribution in [0.1, 0.15) is 45.7 Å². The van der Waals surface area contributed by atoms with Crippen molar-refractivity contribution < 1.29 is 8.42 Å². The molecule has 0 fully saturated rings. The lowest BCUT2D eigenvalue weighted by molar-refractivity contribution is 0.599. The monoisotopic (exact) mass is 350 g/mol. The number of thiazole rings is 1. The largest absolute Gasteiger partial charge is 0.264 e. The van der Waals surface area contributed by atoms with Crippen molar-refractivity contribution in [3.63, 3.8) is 0 Å². The van der Waals surface area contributed by atoms with Crippen LogP contribution in [0.4, 0.5) is 5.13 Å². The van der Waals surface area contributed by atoms with Crippen molar-refractivity contribution in [2.24, 2.45) is 0 Å². The van der Waals surface area contributed by atoms with Crippen LogP contribution in [0.2, 0.25) is 0 Å². The summed E-state index contributed by atoms with van der Waals surface area (Å²) in [5, 5.41) is 0.495. The molecule has 0 aliphatic heterocycles. The molecular formula is C17H22N2O2S2. The fourth-order valence-electron chi connectivity index (χ4n) is 3.15. The summed E-state index contributed by atoms with van der Waals surface area (Å²) in [7, 11) is -3.62. The Labute approximate surface area is 142 Å². The molecule has 0 radical (unpaired) electrons. The number of benzene rings is 1. The van der Waals surface area contributed by atoms with Gasteiger partial charge in [0.05, 0.1) is 10.6 Å². The number of sulfonamides is 1. The number of nitrogens with one attached hydrogen (secondary N) is 1. The highest BCUT2D eigenvalue weighted by Crippen LogP contribution is 2.32. The van der Waals surface area contributed by atoms with E-state index in [0.717, 1.165) is 53.6 Å². The first kappa shape index (κ1) is 16.5. The number of anilines is 1. The number of fused-ring (bicyclic) bond motifs is 1. The summed E-state index contributed by atoms with van der Waals surface area (Å²) >= 11 is 1.48. The first-order valence-electron chi connectivity index (χ1n) is 7.88. The minimum atomic E-state index is -3.62. The minimum Gasteiger partial charge on any atom is -0.255 e. The van der Waals surface area contributed by atoms with E-state index in [-0.39, 0.29) is 0 Å². The van der Waals surface area contributed by atoms with Crippen LogP contribution in [-0.2, 0) is 22.9 Å². The van der Waals surface area contributed by atoms with Crippen LogP contribution in [-0.4, -0.2) is 13.4 Å². The number of rotatable bonds is 3. The number of aromatic nitrogens is 1. The van der Waals surface area contributed by atoms with E-state index in [0.29, 0.717) is 10.0 Å². The molecule has 1 heterocycles. The maximum absolute atomic E-state index is 12.9. The fraction of sp³-hybridized carbons (Fsp3) is 0.471. The quantitative estimate of drug-likeness (QED) is 0.908. The highest BCUT2D eigenvalue weighted by atomic mass is 32.2. The second-order valence-electron chi connectivity index (χ2n) is 6.29. The maximum Gasteiger partial charge on any atom is 0.264 e. The molecule has 1 aliphatic rings. The van der Waals surface area contributed by atoms with E-state index >= 15 is 0 Å². The van der Waals surface area contributed by atoms with E-state index in [1.165, 1.54) is 16.2 Å². The van der Waals surface area contributed by atoms with Gasteiger partial charge in [-0.15, -0.1) is 11.3 Å². The Hall–Kier alpha value is -1.40. The van der Waals surface area contributed by atoms with Crippen LogP contribution < -0.4 is 4.72 Å². The SMILES string of the molecule is Cc1cc(C)c(C)c(S(=O)(=O)Nc2nc3c(s2)CCCC3)c1C. The molecule has 0 saturated carbocycles. The van der Waals surface area contributed by atoms with Gasteiger partial charge in [-0.2, -0.15) is 0 Å². The van der Waals surface area contributed by atoms with Gasteiger partial charge in [0, 0.05) is 4.88 Å². The van der Waals surface area contributed by atoms with Crippen LogP contribution in [0.15, 0.2) is 11.0 Å². The molecule has 0 atom stereocenters. The maximum atomic E-state index is 12.9. The van der Waals surface area contributed by atoms with Gasteiger partial charge in [-0.3, -0.25) is 4.72 Å². The molecule has 2 aromatic rings. The molecule has 0 amide bonds. The number of aryl methyl sites for hydroxylation is 4. The zero-order chi connectivity index (χ0) is 16.8. The van der Waals surface area contributed by atoms with Gasteiger partial charge in [0.15, 0.2) is 5.13 Å². The molecule has 3 rings (SSSR count). The minimum absolute atomic E-state index is 0.392. The van der Waals surface area contributed by atoms with Crippen molar-refractivity contribution in [3.8, 4) is 0 Å². The van der Waals surface area contributed by atoms with E-state index in [4.69, 9.17) is 0 Å². The van der Waals surface area contributed by atoms with Crippen molar-refractivity contribution in [1.29, 1.82) is 0 Å². The van der Waals surface area contributed by atoms with E-state index in [2.05, 4.69) is 9.71 Å². The van der Waals surface area contributed by atoms with E-state index in [9.17, 15) is 8.42 Å². The lowest BCUT2D eigenvalue weighted by Gasteiger charge is -2.15. The topological polar surface area (TPSA) is 59.1 Å². The lowest BCUT2D eigenvalue weighted by Crippen LogP contribution is -2.17. The van der Waals surface area contributed by atoms with Gasteiger partial charge in [0.25, 0.3) is 10.0 Å². The third kappa shape index (κ3) is 3.02.